The number of halogens is 6. The van der Waals surface area contributed by atoms with Crippen LogP contribution in [-0.4, -0.2) is 49.7 Å². The molecule has 2 aromatic carbocycles. The molecule has 0 atom stereocenters. The van der Waals surface area contributed by atoms with Gasteiger partial charge in [-0.1, -0.05) is 30.3 Å². The van der Waals surface area contributed by atoms with E-state index in [9.17, 15) is 39.6 Å². The van der Waals surface area contributed by atoms with Gasteiger partial charge >= 0.3 is 12.4 Å². The van der Waals surface area contributed by atoms with Gasteiger partial charge in [0.25, 0.3) is 0 Å². The lowest BCUT2D eigenvalue weighted by Crippen LogP contribution is -2.50. The minimum absolute atomic E-state index is 0.0159. The third kappa shape index (κ3) is 6.05. The topological polar surface area (TPSA) is 57.7 Å². The molecule has 1 saturated heterocycles. The van der Waals surface area contributed by atoms with Crippen molar-refractivity contribution < 1.29 is 39.6 Å². The van der Waals surface area contributed by atoms with Crippen molar-refractivity contribution in [3.8, 4) is 0 Å². The Hall–Kier alpha value is -2.60. The first-order valence-electron chi connectivity index (χ1n) is 9.90. The number of hydrogen-bond donors (Lipinski definition) is 0. The second-order valence-electron chi connectivity index (χ2n) is 7.51. The van der Waals surface area contributed by atoms with Crippen LogP contribution in [0.15, 0.2) is 53.4 Å². The van der Waals surface area contributed by atoms with Gasteiger partial charge in [0.2, 0.25) is 15.9 Å². The number of aryl methyl sites for hydroxylation is 1. The first-order chi connectivity index (χ1) is 15.3. The van der Waals surface area contributed by atoms with Gasteiger partial charge in [-0.2, -0.15) is 30.6 Å². The fourth-order valence-electron chi connectivity index (χ4n) is 3.46. The maximum Gasteiger partial charge on any atom is 0.416 e. The van der Waals surface area contributed by atoms with E-state index >= 15 is 0 Å². The van der Waals surface area contributed by atoms with Crippen LogP contribution in [0.25, 0.3) is 0 Å². The molecule has 3 rings (SSSR count). The lowest BCUT2D eigenvalue weighted by molar-refractivity contribution is -0.143. The van der Waals surface area contributed by atoms with Crippen molar-refractivity contribution in [3.05, 3.63) is 65.2 Å². The molecule has 2 aromatic rings. The second-order valence-corrected chi connectivity index (χ2v) is 9.45. The molecule has 0 unspecified atom stereocenters. The predicted molar refractivity (Wildman–Crippen MR) is 107 cm³/mol. The Kier molecular flexibility index (Phi) is 7.08. The Morgan fingerprint density at radius 2 is 1.33 bits per heavy atom. The first-order valence-corrected chi connectivity index (χ1v) is 11.3. The molecule has 180 valence electrons. The third-order valence-corrected chi connectivity index (χ3v) is 7.14. The molecule has 1 aliphatic rings. The Labute approximate surface area is 186 Å². The summed E-state index contributed by atoms with van der Waals surface area (Å²) in [7, 11) is -4.64. The van der Waals surface area contributed by atoms with E-state index in [1.54, 1.807) is 0 Å². The molecule has 1 heterocycles. The molecule has 33 heavy (non-hydrogen) atoms. The van der Waals surface area contributed by atoms with Gasteiger partial charge in [-0.3, -0.25) is 4.79 Å². The standard InChI is InChI=1S/C21H20F6N2O3S/c22-20(23,24)16-12-17(21(25,26)27)14-18(13-16)33(31,32)29-10-8-28(9-11-29)19(30)7-6-15-4-2-1-3-5-15/h1-5,12-14H,6-11H2. The summed E-state index contributed by atoms with van der Waals surface area (Å²) in [4.78, 5) is 12.8. The largest absolute Gasteiger partial charge is 0.416 e. The number of nitrogens with zero attached hydrogens (tertiary/aromatic N) is 2. The number of sulfonamides is 1. The van der Waals surface area contributed by atoms with Crippen LogP contribution in [-0.2, 0) is 33.6 Å². The van der Waals surface area contributed by atoms with Crippen molar-refractivity contribution in [3.63, 3.8) is 0 Å². The van der Waals surface area contributed by atoms with Crippen LogP contribution < -0.4 is 0 Å². The zero-order chi connectivity index (χ0) is 24.4. The van der Waals surface area contributed by atoms with Gasteiger partial charge in [0.05, 0.1) is 16.0 Å². The van der Waals surface area contributed by atoms with Crippen LogP contribution in [0.4, 0.5) is 26.3 Å². The summed E-state index contributed by atoms with van der Waals surface area (Å²) in [5.41, 5.74) is -2.45. The van der Waals surface area contributed by atoms with Gasteiger partial charge in [0.15, 0.2) is 0 Å². The molecule has 12 heteroatoms. The number of carbonyl (C=O) groups is 1. The first kappa shape index (κ1) is 25.0. The molecule has 5 nitrogen and oxygen atoms in total. The fraction of sp³-hybridized carbons (Fsp3) is 0.381. The second kappa shape index (κ2) is 9.34. The van der Waals surface area contributed by atoms with Crippen molar-refractivity contribution >= 4 is 15.9 Å². The molecule has 0 aromatic heterocycles. The average molecular weight is 494 g/mol. The van der Waals surface area contributed by atoms with Crippen molar-refractivity contribution in [1.82, 2.24) is 9.21 Å². The smallest absolute Gasteiger partial charge is 0.340 e. The summed E-state index contributed by atoms with van der Waals surface area (Å²) in [5, 5.41) is 0. The monoisotopic (exact) mass is 494 g/mol. The van der Waals surface area contributed by atoms with Gasteiger partial charge in [0, 0.05) is 32.6 Å². The Bertz CT molecular complexity index is 1060. The highest BCUT2D eigenvalue weighted by atomic mass is 32.2. The molecule has 0 bridgehead atoms. The third-order valence-electron chi connectivity index (χ3n) is 5.26. The highest BCUT2D eigenvalue weighted by Gasteiger charge is 2.39. The summed E-state index contributed by atoms with van der Waals surface area (Å²) in [6.07, 6.45) is -9.63. The van der Waals surface area contributed by atoms with E-state index in [2.05, 4.69) is 0 Å². The van der Waals surface area contributed by atoms with E-state index in [-0.39, 0.29) is 56.7 Å². The molecule has 1 fully saturated rings. The van der Waals surface area contributed by atoms with Crippen LogP contribution in [0.2, 0.25) is 0 Å². The number of carbonyl (C=O) groups excluding carboxylic acids is 1. The van der Waals surface area contributed by atoms with E-state index < -0.39 is 38.4 Å². The SMILES string of the molecule is O=C(CCc1ccccc1)N1CCN(S(=O)(=O)c2cc(C(F)(F)F)cc(C(F)(F)F)c2)CC1. The predicted octanol–water partition coefficient (Wildman–Crippen LogP) is 4.19. The van der Waals surface area contributed by atoms with Crippen LogP contribution in [0.1, 0.15) is 23.1 Å². The van der Waals surface area contributed by atoms with Gasteiger partial charge < -0.3 is 4.90 Å². The zero-order valence-electron chi connectivity index (χ0n) is 17.2. The molecule has 0 radical (unpaired) electrons. The number of benzene rings is 2. The van der Waals surface area contributed by atoms with E-state index in [4.69, 9.17) is 0 Å². The fourth-order valence-corrected chi connectivity index (χ4v) is 4.95. The summed E-state index contributed by atoms with van der Waals surface area (Å²) < 4.78 is 105. The van der Waals surface area contributed by atoms with Gasteiger partial charge in [-0.05, 0) is 30.2 Å². The number of alkyl halides is 6. The summed E-state index contributed by atoms with van der Waals surface area (Å²) in [6.45, 7) is -0.510. The Balaban J connectivity index is 1.72. The number of rotatable bonds is 5. The average Bonchev–Trinajstić information content (AvgIpc) is 2.76. The number of piperazine rings is 1. The Morgan fingerprint density at radius 1 is 0.818 bits per heavy atom. The maximum atomic E-state index is 13.1. The molecule has 1 amide bonds. The van der Waals surface area contributed by atoms with Crippen LogP contribution >= 0.6 is 0 Å². The number of hydrogen-bond acceptors (Lipinski definition) is 3. The molecular formula is C21H20F6N2O3S. The van der Waals surface area contributed by atoms with Crippen molar-refractivity contribution in [1.29, 1.82) is 0 Å². The minimum atomic E-state index is -5.16. The molecule has 0 N–H and O–H groups in total. The van der Waals surface area contributed by atoms with Crippen LogP contribution in [0.5, 0.6) is 0 Å². The lowest BCUT2D eigenvalue weighted by atomic mass is 10.1. The van der Waals surface area contributed by atoms with E-state index in [1.807, 2.05) is 30.3 Å². The quantitative estimate of drug-likeness (QED) is 0.586. The van der Waals surface area contributed by atoms with Crippen molar-refractivity contribution in [2.45, 2.75) is 30.1 Å². The minimum Gasteiger partial charge on any atom is -0.340 e. The van der Waals surface area contributed by atoms with Crippen LogP contribution in [0, 0.1) is 0 Å². The Morgan fingerprint density at radius 3 is 1.82 bits per heavy atom. The van der Waals surface area contributed by atoms with Gasteiger partial charge in [0.1, 0.15) is 0 Å². The maximum absolute atomic E-state index is 13.1. The number of amides is 1. The van der Waals surface area contributed by atoms with E-state index in [1.165, 1.54) is 4.90 Å². The molecular weight excluding hydrogens is 474 g/mol. The van der Waals surface area contributed by atoms with Crippen molar-refractivity contribution in [2.24, 2.45) is 0 Å². The van der Waals surface area contributed by atoms with Crippen LogP contribution in [0.3, 0.4) is 0 Å². The summed E-state index contributed by atoms with van der Waals surface area (Å²) in [6, 6.07) is 9.51. The molecule has 1 aliphatic heterocycles. The summed E-state index contributed by atoms with van der Waals surface area (Å²) >= 11 is 0. The van der Waals surface area contributed by atoms with E-state index in [0.717, 1.165) is 9.87 Å². The van der Waals surface area contributed by atoms with Crippen molar-refractivity contribution in [2.75, 3.05) is 26.2 Å². The zero-order valence-corrected chi connectivity index (χ0v) is 18.0. The highest BCUT2D eigenvalue weighted by Crippen LogP contribution is 2.37. The summed E-state index contributed by atoms with van der Waals surface area (Å²) in [5.74, 6) is -0.214. The molecule has 0 aliphatic carbocycles. The van der Waals surface area contributed by atoms with Gasteiger partial charge in [-0.25, -0.2) is 8.42 Å². The normalized spacial score (nSPS) is 16.1. The van der Waals surface area contributed by atoms with Gasteiger partial charge in [-0.15, -0.1) is 0 Å². The van der Waals surface area contributed by atoms with E-state index in [0.29, 0.717) is 6.42 Å². The molecule has 0 saturated carbocycles. The molecule has 0 spiro atoms. The lowest BCUT2D eigenvalue weighted by Gasteiger charge is -2.34. The highest BCUT2D eigenvalue weighted by molar-refractivity contribution is 7.89.